The number of carbonyl (C=O) groups excluding carboxylic acids is 2. The molecule has 0 aromatic heterocycles. The van der Waals surface area contributed by atoms with Gasteiger partial charge in [-0.3, -0.25) is 4.79 Å². The van der Waals surface area contributed by atoms with E-state index in [9.17, 15) is 23.1 Å². The van der Waals surface area contributed by atoms with E-state index in [0.29, 0.717) is 18.0 Å². The number of hydrogen-bond acceptors (Lipinski definition) is 7. The predicted octanol–water partition coefficient (Wildman–Crippen LogP) is 3.83. The van der Waals surface area contributed by atoms with Crippen molar-refractivity contribution in [2.24, 2.45) is 5.92 Å². The van der Waals surface area contributed by atoms with E-state index in [-0.39, 0.29) is 55.3 Å². The van der Waals surface area contributed by atoms with Gasteiger partial charge in [-0.2, -0.15) is 0 Å². The molecule has 3 amide bonds. The van der Waals surface area contributed by atoms with Gasteiger partial charge in [0.25, 0.3) is 5.91 Å². The number of amides is 3. The lowest BCUT2D eigenvalue weighted by molar-refractivity contribution is -0.00828. The summed E-state index contributed by atoms with van der Waals surface area (Å²) in [6.07, 6.45) is 8.17. The van der Waals surface area contributed by atoms with Gasteiger partial charge in [0.05, 0.1) is 36.7 Å². The first kappa shape index (κ1) is 34.1. The van der Waals surface area contributed by atoms with E-state index in [4.69, 9.17) is 9.47 Å². The van der Waals surface area contributed by atoms with Crippen LogP contribution in [0.5, 0.6) is 5.75 Å². The van der Waals surface area contributed by atoms with E-state index in [0.717, 1.165) is 51.2 Å². The number of ether oxygens (including phenoxy) is 2. The number of aliphatic hydroxyl groups excluding tert-OH is 1. The topological polar surface area (TPSA) is 138 Å². The van der Waals surface area contributed by atoms with Crippen molar-refractivity contribution in [2.75, 3.05) is 44.9 Å². The molecule has 1 aliphatic heterocycles. The maximum atomic E-state index is 14.2. The number of likely N-dealkylation sites (N-methyl/N-ethyl adjacent to an activating group) is 1. The van der Waals surface area contributed by atoms with Gasteiger partial charge in [0.2, 0.25) is 10.0 Å². The Morgan fingerprint density at radius 1 is 1.14 bits per heavy atom. The number of carbonyl (C=O) groups is 2. The zero-order chi connectivity index (χ0) is 30.9. The van der Waals surface area contributed by atoms with E-state index in [1.165, 1.54) is 17.8 Å². The van der Waals surface area contributed by atoms with Gasteiger partial charge in [-0.1, -0.05) is 26.2 Å². The Morgan fingerprint density at radius 3 is 2.50 bits per heavy atom. The molecule has 1 heterocycles. The van der Waals surface area contributed by atoms with Crippen molar-refractivity contribution in [3.63, 3.8) is 0 Å². The van der Waals surface area contributed by atoms with Crippen molar-refractivity contribution in [3.8, 4) is 5.75 Å². The van der Waals surface area contributed by atoms with Crippen LogP contribution in [-0.4, -0.2) is 98.6 Å². The number of hydrogen-bond donors (Lipinski definition) is 3. The molecule has 238 valence electrons. The number of urea groups is 1. The van der Waals surface area contributed by atoms with Crippen molar-refractivity contribution < 1.29 is 32.6 Å². The van der Waals surface area contributed by atoms with Crippen LogP contribution in [0.1, 0.15) is 82.5 Å². The third kappa shape index (κ3) is 10.1. The Labute approximate surface area is 251 Å². The fourth-order valence-electron chi connectivity index (χ4n) is 5.45. The van der Waals surface area contributed by atoms with Crippen LogP contribution in [-0.2, 0) is 14.8 Å². The predicted molar refractivity (Wildman–Crippen MR) is 163 cm³/mol. The van der Waals surface area contributed by atoms with E-state index in [2.05, 4.69) is 10.6 Å². The molecule has 1 fully saturated rings. The van der Waals surface area contributed by atoms with Gasteiger partial charge < -0.3 is 30.1 Å². The molecule has 3 rings (SSSR count). The van der Waals surface area contributed by atoms with Crippen LogP contribution in [0.4, 0.5) is 10.5 Å². The van der Waals surface area contributed by atoms with Crippen molar-refractivity contribution in [3.05, 3.63) is 23.8 Å². The average Bonchev–Trinajstić information content (AvgIpc) is 2.94. The SMILES string of the molecule is C[C@@H]1CCCCO[C@H](CN(C)S(C)(=O)=O)[C@@H](C)CN([C@H](C)CO)C(=O)c2cc(NC(=O)NC3CCCCC3)ccc2O1. The zero-order valence-corrected chi connectivity index (χ0v) is 26.6. The summed E-state index contributed by atoms with van der Waals surface area (Å²) in [7, 11) is -1.91. The molecule has 0 radical (unpaired) electrons. The molecule has 3 N–H and O–H groups in total. The monoisotopic (exact) mass is 610 g/mol. The van der Waals surface area contributed by atoms with Crippen molar-refractivity contribution in [1.82, 2.24) is 14.5 Å². The van der Waals surface area contributed by atoms with Gasteiger partial charge in [-0.15, -0.1) is 0 Å². The first-order valence-electron chi connectivity index (χ1n) is 15.2. The number of nitrogens with one attached hydrogen (secondary N) is 2. The van der Waals surface area contributed by atoms with Gasteiger partial charge >= 0.3 is 6.03 Å². The van der Waals surface area contributed by atoms with Crippen molar-refractivity contribution in [1.29, 1.82) is 0 Å². The molecule has 0 unspecified atom stereocenters. The summed E-state index contributed by atoms with van der Waals surface area (Å²) in [4.78, 5) is 28.5. The van der Waals surface area contributed by atoms with E-state index in [1.807, 2.05) is 13.8 Å². The molecular weight excluding hydrogens is 560 g/mol. The number of aliphatic hydroxyl groups is 1. The van der Waals surface area contributed by atoms with Crippen LogP contribution >= 0.6 is 0 Å². The molecule has 42 heavy (non-hydrogen) atoms. The number of benzene rings is 1. The average molecular weight is 611 g/mol. The molecule has 2 aliphatic rings. The minimum Gasteiger partial charge on any atom is -0.490 e. The molecule has 1 aromatic rings. The molecule has 1 aromatic carbocycles. The standard InChI is InChI=1S/C30H50N4O7S/c1-21-18-34(22(2)20-35)29(36)26-17-25(32-30(37)31-24-12-7-6-8-13-24)14-15-27(26)41-23(3)11-9-10-16-40-28(21)19-33(4)42(5,38)39/h14-15,17,21-24,28,35H,6-13,16,18-20H2,1-5H3,(H2,31,32,37)/t21-,22+,23+,28+/m0/s1. The van der Waals surface area contributed by atoms with Gasteiger partial charge in [-0.25, -0.2) is 17.5 Å². The fourth-order valence-corrected chi connectivity index (χ4v) is 5.87. The number of nitrogens with zero attached hydrogens (tertiary/aromatic N) is 2. The Bertz CT molecular complexity index is 1140. The lowest BCUT2D eigenvalue weighted by Crippen LogP contribution is -2.48. The lowest BCUT2D eigenvalue weighted by Gasteiger charge is -2.35. The van der Waals surface area contributed by atoms with Crippen LogP contribution in [0.3, 0.4) is 0 Å². The fraction of sp³-hybridized carbons (Fsp3) is 0.733. The third-order valence-electron chi connectivity index (χ3n) is 8.25. The minimum atomic E-state index is -3.43. The second kappa shape index (κ2) is 15.9. The highest BCUT2D eigenvalue weighted by Crippen LogP contribution is 2.29. The first-order chi connectivity index (χ1) is 19.9. The summed E-state index contributed by atoms with van der Waals surface area (Å²) in [6.45, 7) is 6.19. The van der Waals surface area contributed by atoms with Gasteiger partial charge in [-0.05, 0) is 64.2 Å². The highest BCUT2D eigenvalue weighted by molar-refractivity contribution is 7.88. The summed E-state index contributed by atoms with van der Waals surface area (Å²) in [5.74, 6) is -0.189. The summed E-state index contributed by atoms with van der Waals surface area (Å²) in [6, 6.07) is 4.37. The molecule has 0 bridgehead atoms. The van der Waals surface area contributed by atoms with Crippen LogP contribution in [0.15, 0.2) is 18.2 Å². The molecule has 12 heteroatoms. The highest BCUT2D eigenvalue weighted by Gasteiger charge is 2.31. The Morgan fingerprint density at radius 2 is 1.83 bits per heavy atom. The van der Waals surface area contributed by atoms with E-state index in [1.54, 1.807) is 30.0 Å². The third-order valence-corrected chi connectivity index (χ3v) is 9.53. The number of fused-ring (bicyclic) bond motifs is 1. The molecular formula is C30H50N4O7S. The van der Waals surface area contributed by atoms with E-state index < -0.39 is 22.2 Å². The van der Waals surface area contributed by atoms with Gasteiger partial charge in [0, 0.05) is 44.4 Å². The number of anilines is 1. The van der Waals surface area contributed by atoms with Crippen molar-refractivity contribution in [2.45, 2.75) is 96.4 Å². The molecule has 0 spiro atoms. The van der Waals surface area contributed by atoms with Gasteiger partial charge in [0.1, 0.15) is 5.75 Å². The second-order valence-electron chi connectivity index (χ2n) is 12.0. The maximum Gasteiger partial charge on any atom is 0.319 e. The van der Waals surface area contributed by atoms with E-state index >= 15 is 0 Å². The Balaban J connectivity index is 1.91. The van der Waals surface area contributed by atoms with Crippen LogP contribution in [0.25, 0.3) is 0 Å². The van der Waals surface area contributed by atoms with Gasteiger partial charge in [0.15, 0.2) is 0 Å². The number of rotatable bonds is 7. The molecule has 0 saturated heterocycles. The van der Waals surface area contributed by atoms with Crippen molar-refractivity contribution >= 4 is 27.6 Å². The van der Waals surface area contributed by atoms with Crippen LogP contribution in [0, 0.1) is 5.92 Å². The summed E-state index contributed by atoms with van der Waals surface area (Å²) in [5, 5.41) is 16.0. The summed E-state index contributed by atoms with van der Waals surface area (Å²) >= 11 is 0. The molecule has 11 nitrogen and oxygen atoms in total. The largest absolute Gasteiger partial charge is 0.490 e. The quantitative estimate of drug-likeness (QED) is 0.427. The Hall–Kier alpha value is -2.41. The normalized spacial score (nSPS) is 24.3. The molecule has 1 aliphatic carbocycles. The maximum absolute atomic E-state index is 14.2. The van der Waals surface area contributed by atoms with Crippen LogP contribution < -0.4 is 15.4 Å². The molecule has 1 saturated carbocycles. The lowest BCUT2D eigenvalue weighted by atomic mass is 9.96. The minimum absolute atomic E-state index is 0.140. The number of sulfonamides is 1. The Kier molecular flexibility index (Phi) is 12.9. The highest BCUT2D eigenvalue weighted by atomic mass is 32.2. The second-order valence-corrected chi connectivity index (χ2v) is 14.1. The first-order valence-corrected chi connectivity index (χ1v) is 17.1. The summed E-state index contributed by atoms with van der Waals surface area (Å²) < 4.78 is 38.0. The smallest absolute Gasteiger partial charge is 0.319 e. The molecule has 4 atom stereocenters. The van der Waals surface area contributed by atoms with Crippen LogP contribution in [0.2, 0.25) is 0 Å². The summed E-state index contributed by atoms with van der Waals surface area (Å²) in [5.41, 5.74) is 0.751. The zero-order valence-electron chi connectivity index (χ0n) is 25.8.